The zero-order valence-electron chi connectivity index (χ0n) is 6.38. The molecule has 6 heteroatoms. The fraction of sp³-hybridized carbons (Fsp3) is 0.667. The Balaban J connectivity index is 3.76. The highest BCUT2D eigenvalue weighted by Crippen LogP contribution is 1.95. The number of halogens is 2. The smallest absolute Gasteiger partial charge is 0.315 e. The van der Waals surface area contributed by atoms with Crippen LogP contribution in [0.25, 0.3) is 0 Å². The first kappa shape index (κ1) is 10.8. The molecular formula is C6H9F2NO3. The monoisotopic (exact) mass is 181 g/mol. The zero-order valence-corrected chi connectivity index (χ0v) is 6.38. The van der Waals surface area contributed by atoms with E-state index in [4.69, 9.17) is 5.11 Å². The summed E-state index contributed by atoms with van der Waals surface area (Å²) in [6.45, 7) is 1.34. The lowest BCUT2D eigenvalue weighted by Gasteiger charge is -2.10. The molecule has 0 saturated carbocycles. The van der Waals surface area contributed by atoms with Gasteiger partial charge in [-0.05, 0) is 6.92 Å². The van der Waals surface area contributed by atoms with Crippen molar-refractivity contribution in [2.24, 2.45) is 0 Å². The first-order chi connectivity index (χ1) is 5.43. The van der Waals surface area contributed by atoms with E-state index in [9.17, 15) is 18.4 Å². The number of hydrogen-bond donors (Lipinski definition) is 2. The Hall–Kier alpha value is -1.20. The highest BCUT2D eigenvalue weighted by molar-refractivity contribution is 5.80. The minimum Gasteiger partial charge on any atom is -0.481 e. The third-order valence-corrected chi connectivity index (χ3v) is 1.07. The lowest BCUT2D eigenvalue weighted by Crippen LogP contribution is -2.37. The number of nitrogens with one attached hydrogen (secondary N) is 1. The normalized spacial score (nSPS) is 12.7. The molecule has 0 aliphatic carbocycles. The predicted molar refractivity (Wildman–Crippen MR) is 35.9 cm³/mol. The van der Waals surface area contributed by atoms with Crippen molar-refractivity contribution >= 4 is 11.9 Å². The number of carbonyl (C=O) groups is 2. The molecule has 1 atom stereocenters. The number of hydrogen-bond acceptors (Lipinski definition) is 2. The van der Waals surface area contributed by atoms with Gasteiger partial charge in [0.2, 0.25) is 0 Å². The van der Waals surface area contributed by atoms with Gasteiger partial charge in [-0.15, -0.1) is 0 Å². The van der Waals surface area contributed by atoms with Crippen molar-refractivity contribution in [3.8, 4) is 0 Å². The van der Waals surface area contributed by atoms with Crippen LogP contribution >= 0.6 is 0 Å². The van der Waals surface area contributed by atoms with Crippen LogP contribution in [0, 0.1) is 0 Å². The van der Waals surface area contributed by atoms with E-state index in [1.807, 2.05) is 5.32 Å². The SMILES string of the molecule is CC(CC(=O)O)NC(=O)C(F)F. The quantitative estimate of drug-likeness (QED) is 0.652. The molecule has 0 spiro atoms. The van der Waals surface area contributed by atoms with Crippen molar-refractivity contribution in [3.05, 3.63) is 0 Å². The van der Waals surface area contributed by atoms with E-state index in [0.29, 0.717) is 0 Å². The molecular weight excluding hydrogens is 172 g/mol. The summed E-state index contributed by atoms with van der Waals surface area (Å²) in [5, 5.41) is 10.0. The van der Waals surface area contributed by atoms with E-state index in [2.05, 4.69) is 0 Å². The van der Waals surface area contributed by atoms with Crippen molar-refractivity contribution in [1.29, 1.82) is 0 Å². The minimum absolute atomic E-state index is 0.363. The van der Waals surface area contributed by atoms with Crippen LogP contribution in [-0.4, -0.2) is 29.5 Å². The lowest BCUT2D eigenvalue weighted by atomic mass is 10.2. The summed E-state index contributed by atoms with van der Waals surface area (Å²) in [6, 6.07) is -0.774. The summed E-state index contributed by atoms with van der Waals surface area (Å²) < 4.78 is 23.1. The van der Waals surface area contributed by atoms with E-state index < -0.39 is 24.3 Å². The summed E-state index contributed by atoms with van der Waals surface area (Å²) >= 11 is 0. The molecule has 0 saturated heterocycles. The first-order valence-electron chi connectivity index (χ1n) is 3.23. The van der Waals surface area contributed by atoms with Crippen LogP contribution in [0.2, 0.25) is 0 Å². The van der Waals surface area contributed by atoms with Gasteiger partial charge in [-0.3, -0.25) is 9.59 Å². The maximum absolute atomic E-state index is 11.6. The van der Waals surface area contributed by atoms with Crippen molar-refractivity contribution in [2.75, 3.05) is 0 Å². The number of carboxylic acids is 1. The molecule has 1 amide bonds. The Kier molecular flexibility index (Phi) is 4.17. The Labute approximate surface area is 67.6 Å². The van der Waals surface area contributed by atoms with E-state index in [1.165, 1.54) is 6.92 Å². The van der Waals surface area contributed by atoms with E-state index in [0.717, 1.165) is 0 Å². The molecule has 0 heterocycles. The van der Waals surface area contributed by atoms with Gasteiger partial charge in [0.1, 0.15) is 0 Å². The molecule has 4 nitrogen and oxygen atoms in total. The average molecular weight is 181 g/mol. The van der Waals surface area contributed by atoms with Crippen molar-refractivity contribution in [1.82, 2.24) is 5.32 Å². The third kappa shape index (κ3) is 4.59. The van der Waals surface area contributed by atoms with E-state index in [-0.39, 0.29) is 6.42 Å². The number of carbonyl (C=O) groups excluding carboxylic acids is 1. The van der Waals surface area contributed by atoms with Crippen molar-refractivity contribution in [2.45, 2.75) is 25.8 Å². The lowest BCUT2D eigenvalue weighted by molar-refractivity contribution is -0.138. The van der Waals surface area contributed by atoms with Crippen LogP contribution < -0.4 is 5.32 Å². The Morgan fingerprint density at radius 1 is 1.50 bits per heavy atom. The van der Waals surface area contributed by atoms with Crippen LogP contribution in [-0.2, 0) is 9.59 Å². The second-order valence-electron chi connectivity index (χ2n) is 2.31. The van der Waals surface area contributed by atoms with E-state index in [1.54, 1.807) is 0 Å². The summed E-state index contributed by atoms with van der Waals surface area (Å²) in [6.07, 6.45) is -3.46. The molecule has 0 aromatic carbocycles. The predicted octanol–water partition coefficient (Wildman–Crippen LogP) is 0.231. The van der Waals surface area contributed by atoms with Crippen LogP contribution in [0.15, 0.2) is 0 Å². The molecule has 0 aliphatic rings. The van der Waals surface area contributed by atoms with Gasteiger partial charge in [0.25, 0.3) is 5.91 Å². The number of rotatable bonds is 4. The molecule has 0 bridgehead atoms. The Morgan fingerprint density at radius 3 is 2.33 bits per heavy atom. The van der Waals surface area contributed by atoms with Crippen LogP contribution in [0.5, 0.6) is 0 Å². The topological polar surface area (TPSA) is 66.4 Å². The molecule has 0 fully saturated rings. The molecule has 70 valence electrons. The maximum Gasteiger partial charge on any atom is 0.315 e. The number of amides is 1. The summed E-state index contributed by atoms with van der Waals surface area (Å²) in [7, 11) is 0. The van der Waals surface area contributed by atoms with Gasteiger partial charge in [-0.2, -0.15) is 8.78 Å². The molecule has 0 radical (unpaired) electrons. The van der Waals surface area contributed by atoms with Gasteiger partial charge in [0.05, 0.1) is 6.42 Å². The third-order valence-electron chi connectivity index (χ3n) is 1.07. The second kappa shape index (κ2) is 4.63. The molecule has 2 N–H and O–H groups in total. The standard InChI is InChI=1S/C6H9F2NO3/c1-3(2-4(10)11)9-6(12)5(7)8/h3,5H,2H2,1H3,(H,9,12)(H,10,11). The van der Waals surface area contributed by atoms with E-state index >= 15 is 0 Å². The molecule has 0 rings (SSSR count). The van der Waals surface area contributed by atoms with Crippen LogP contribution in [0.4, 0.5) is 8.78 Å². The largest absolute Gasteiger partial charge is 0.481 e. The molecule has 0 aromatic rings. The van der Waals surface area contributed by atoms with Crippen LogP contribution in [0.1, 0.15) is 13.3 Å². The molecule has 1 unspecified atom stereocenters. The summed E-state index contributed by atoms with van der Waals surface area (Å²) in [4.78, 5) is 20.3. The maximum atomic E-state index is 11.6. The second-order valence-corrected chi connectivity index (χ2v) is 2.31. The molecule has 0 aromatic heterocycles. The zero-order chi connectivity index (χ0) is 9.72. The van der Waals surface area contributed by atoms with Gasteiger partial charge in [0.15, 0.2) is 0 Å². The highest BCUT2D eigenvalue weighted by atomic mass is 19.3. The van der Waals surface area contributed by atoms with Gasteiger partial charge in [-0.1, -0.05) is 0 Å². The van der Waals surface area contributed by atoms with Gasteiger partial charge in [-0.25, -0.2) is 0 Å². The first-order valence-corrected chi connectivity index (χ1v) is 3.23. The van der Waals surface area contributed by atoms with Crippen molar-refractivity contribution < 1.29 is 23.5 Å². The van der Waals surface area contributed by atoms with Gasteiger partial charge in [0, 0.05) is 6.04 Å². The highest BCUT2D eigenvalue weighted by Gasteiger charge is 2.18. The molecule has 0 aliphatic heterocycles. The minimum atomic E-state index is -3.10. The molecule has 12 heavy (non-hydrogen) atoms. The fourth-order valence-electron chi connectivity index (χ4n) is 0.619. The van der Waals surface area contributed by atoms with Gasteiger partial charge >= 0.3 is 12.4 Å². The summed E-state index contributed by atoms with van der Waals surface area (Å²) in [5.74, 6) is -2.58. The number of aliphatic carboxylic acids is 1. The van der Waals surface area contributed by atoms with Crippen molar-refractivity contribution in [3.63, 3.8) is 0 Å². The Bertz CT molecular complexity index is 184. The number of carboxylic acid groups (broad SMARTS) is 1. The number of alkyl halides is 2. The summed E-state index contributed by atoms with van der Waals surface area (Å²) in [5.41, 5.74) is 0. The van der Waals surface area contributed by atoms with Crippen LogP contribution in [0.3, 0.4) is 0 Å². The average Bonchev–Trinajstić information content (AvgIpc) is 1.84. The van der Waals surface area contributed by atoms with Gasteiger partial charge < -0.3 is 10.4 Å². The fourth-order valence-corrected chi connectivity index (χ4v) is 0.619. The Morgan fingerprint density at radius 2 is 2.00 bits per heavy atom.